The molecule has 4 heteroatoms. The second kappa shape index (κ2) is 7.97. The van der Waals surface area contributed by atoms with Gasteiger partial charge in [0.25, 0.3) is 0 Å². The van der Waals surface area contributed by atoms with E-state index in [1.165, 1.54) is 19.8 Å². The second-order valence-electron chi connectivity index (χ2n) is 5.16. The molecule has 2 rings (SSSR count). The molecule has 0 aliphatic carbocycles. The Balaban J connectivity index is 2.15. The molecule has 0 aliphatic heterocycles. The summed E-state index contributed by atoms with van der Waals surface area (Å²) in [6, 6.07) is 11.0. The SMILES string of the molecule is CCCNC(Cc1ccc(OC)cc1)c1cc(C)c(Br)s1. The zero-order chi connectivity index (χ0) is 15.2. The molecule has 1 aromatic heterocycles. The number of hydrogen-bond donors (Lipinski definition) is 1. The molecule has 0 bridgehead atoms. The van der Waals surface area contributed by atoms with Crippen LogP contribution in [0, 0.1) is 6.92 Å². The van der Waals surface area contributed by atoms with Crippen LogP contribution in [0.3, 0.4) is 0 Å². The van der Waals surface area contributed by atoms with E-state index in [1.54, 1.807) is 7.11 Å². The van der Waals surface area contributed by atoms with E-state index in [0.29, 0.717) is 6.04 Å². The van der Waals surface area contributed by atoms with Gasteiger partial charge in [0.1, 0.15) is 5.75 Å². The highest BCUT2D eigenvalue weighted by Crippen LogP contribution is 2.33. The van der Waals surface area contributed by atoms with E-state index >= 15 is 0 Å². The summed E-state index contributed by atoms with van der Waals surface area (Å²) in [4.78, 5) is 1.39. The smallest absolute Gasteiger partial charge is 0.118 e. The number of thiophene rings is 1. The summed E-state index contributed by atoms with van der Waals surface area (Å²) in [6.45, 7) is 5.39. The average Bonchev–Trinajstić information content (AvgIpc) is 2.83. The van der Waals surface area contributed by atoms with E-state index in [1.807, 2.05) is 23.5 Å². The van der Waals surface area contributed by atoms with Gasteiger partial charge >= 0.3 is 0 Å². The first-order valence-corrected chi connectivity index (χ1v) is 8.87. The van der Waals surface area contributed by atoms with Crippen molar-refractivity contribution in [3.05, 3.63) is 50.1 Å². The van der Waals surface area contributed by atoms with Gasteiger partial charge in [-0.15, -0.1) is 11.3 Å². The van der Waals surface area contributed by atoms with E-state index in [2.05, 4.69) is 53.3 Å². The highest BCUT2D eigenvalue weighted by Gasteiger charge is 2.15. The molecule has 0 radical (unpaired) electrons. The van der Waals surface area contributed by atoms with Crippen LogP contribution in [0.5, 0.6) is 5.75 Å². The minimum absolute atomic E-state index is 0.369. The fourth-order valence-corrected chi connectivity index (χ4v) is 3.89. The Labute approximate surface area is 139 Å². The van der Waals surface area contributed by atoms with Crippen LogP contribution in [-0.4, -0.2) is 13.7 Å². The predicted octanol–water partition coefficient (Wildman–Crippen LogP) is 5.11. The standard InChI is InChI=1S/C17H22BrNOS/c1-4-9-19-15(16-10-12(2)17(18)21-16)11-13-5-7-14(20-3)8-6-13/h5-8,10,15,19H,4,9,11H2,1-3H3. The van der Waals surface area contributed by atoms with Gasteiger partial charge in [-0.1, -0.05) is 19.1 Å². The Morgan fingerprint density at radius 3 is 2.52 bits per heavy atom. The van der Waals surface area contributed by atoms with Crippen LogP contribution in [0.2, 0.25) is 0 Å². The quantitative estimate of drug-likeness (QED) is 0.733. The second-order valence-corrected chi connectivity index (χ2v) is 7.57. The zero-order valence-electron chi connectivity index (χ0n) is 12.8. The highest BCUT2D eigenvalue weighted by molar-refractivity contribution is 9.11. The van der Waals surface area contributed by atoms with Crippen LogP contribution in [0.25, 0.3) is 0 Å². The molecule has 1 aromatic carbocycles. The van der Waals surface area contributed by atoms with Crippen molar-refractivity contribution in [1.82, 2.24) is 5.32 Å². The number of methoxy groups -OCH3 is 1. The van der Waals surface area contributed by atoms with E-state index < -0.39 is 0 Å². The van der Waals surface area contributed by atoms with Gasteiger partial charge in [-0.2, -0.15) is 0 Å². The number of rotatable bonds is 7. The summed E-state index contributed by atoms with van der Waals surface area (Å²) in [6.07, 6.45) is 2.14. The van der Waals surface area contributed by atoms with Crippen molar-refractivity contribution in [2.75, 3.05) is 13.7 Å². The first kappa shape index (κ1) is 16.5. The van der Waals surface area contributed by atoms with Gasteiger partial charge in [-0.25, -0.2) is 0 Å². The fourth-order valence-electron chi connectivity index (χ4n) is 2.24. The Bertz CT molecular complexity index is 545. The van der Waals surface area contributed by atoms with E-state index in [9.17, 15) is 0 Å². The Hall–Kier alpha value is -0.840. The van der Waals surface area contributed by atoms with Gasteiger partial charge in [0.2, 0.25) is 0 Å². The average molecular weight is 368 g/mol. The van der Waals surface area contributed by atoms with E-state index in [4.69, 9.17) is 4.74 Å². The van der Waals surface area contributed by atoms with Crippen LogP contribution in [-0.2, 0) is 6.42 Å². The molecule has 21 heavy (non-hydrogen) atoms. The minimum Gasteiger partial charge on any atom is -0.497 e. The Morgan fingerprint density at radius 2 is 2.00 bits per heavy atom. The number of aryl methyl sites for hydroxylation is 1. The van der Waals surface area contributed by atoms with Crippen molar-refractivity contribution < 1.29 is 4.74 Å². The largest absolute Gasteiger partial charge is 0.497 e. The van der Waals surface area contributed by atoms with Crippen LogP contribution < -0.4 is 10.1 Å². The lowest BCUT2D eigenvalue weighted by atomic mass is 10.0. The first-order chi connectivity index (χ1) is 10.1. The molecule has 0 spiro atoms. The summed E-state index contributed by atoms with van der Waals surface area (Å²) in [5.74, 6) is 0.909. The normalized spacial score (nSPS) is 12.4. The van der Waals surface area contributed by atoms with E-state index in [-0.39, 0.29) is 0 Å². The maximum atomic E-state index is 5.22. The third-order valence-electron chi connectivity index (χ3n) is 3.46. The third-order valence-corrected chi connectivity index (χ3v) is 5.71. The molecule has 0 amide bonds. The van der Waals surface area contributed by atoms with Gasteiger partial charge in [0.05, 0.1) is 10.9 Å². The molecular formula is C17H22BrNOS. The molecule has 0 aliphatic rings. The van der Waals surface area contributed by atoms with Crippen molar-refractivity contribution in [2.45, 2.75) is 32.7 Å². The van der Waals surface area contributed by atoms with Gasteiger partial charge in [0, 0.05) is 10.9 Å². The molecule has 114 valence electrons. The lowest BCUT2D eigenvalue weighted by Crippen LogP contribution is -2.23. The molecule has 0 saturated carbocycles. The highest BCUT2D eigenvalue weighted by atomic mass is 79.9. The fraction of sp³-hybridized carbons (Fsp3) is 0.412. The molecule has 0 fully saturated rings. The maximum Gasteiger partial charge on any atom is 0.118 e. The maximum absolute atomic E-state index is 5.22. The molecule has 1 unspecified atom stereocenters. The van der Waals surface area contributed by atoms with Gasteiger partial charge in [0.15, 0.2) is 0 Å². The van der Waals surface area contributed by atoms with Gasteiger partial charge in [-0.05, 0) is 71.6 Å². The first-order valence-electron chi connectivity index (χ1n) is 7.26. The zero-order valence-corrected chi connectivity index (χ0v) is 15.2. The molecule has 1 N–H and O–H groups in total. The predicted molar refractivity (Wildman–Crippen MR) is 94.5 cm³/mol. The molecule has 2 nitrogen and oxygen atoms in total. The molecule has 2 aromatic rings. The van der Waals surface area contributed by atoms with E-state index in [0.717, 1.165) is 25.1 Å². The summed E-state index contributed by atoms with van der Waals surface area (Å²) in [5.41, 5.74) is 2.64. The van der Waals surface area contributed by atoms with Crippen molar-refractivity contribution in [2.24, 2.45) is 0 Å². The molecule has 0 saturated heterocycles. The summed E-state index contributed by atoms with van der Waals surface area (Å²) in [5, 5.41) is 3.66. The monoisotopic (exact) mass is 367 g/mol. The number of benzene rings is 1. The Morgan fingerprint density at radius 1 is 1.29 bits per heavy atom. The number of halogens is 1. The van der Waals surface area contributed by atoms with Crippen LogP contribution in [0.1, 0.15) is 35.4 Å². The van der Waals surface area contributed by atoms with Gasteiger partial charge < -0.3 is 10.1 Å². The molecule has 1 atom stereocenters. The minimum atomic E-state index is 0.369. The summed E-state index contributed by atoms with van der Waals surface area (Å²) < 4.78 is 6.45. The number of nitrogens with one attached hydrogen (secondary N) is 1. The summed E-state index contributed by atoms with van der Waals surface area (Å²) >= 11 is 5.46. The van der Waals surface area contributed by atoms with Crippen molar-refractivity contribution >= 4 is 27.3 Å². The number of ether oxygens (including phenoxy) is 1. The molecular weight excluding hydrogens is 346 g/mol. The van der Waals surface area contributed by atoms with Crippen LogP contribution in [0.15, 0.2) is 34.1 Å². The summed E-state index contributed by atoms with van der Waals surface area (Å²) in [7, 11) is 1.70. The lowest BCUT2D eigenvalue weighted by molar-refractivity contribution is 0.414. The number of hydrogen-bond acceptors (Lipinski definition) is 3. The van der Waals surface area contributed by atoms with Crippen LogP contribution >= 0.6 is 27.3 Å². The lowest BCUT2D eigenvalue weighted by Gasteiger charge is -2.17. The topological polar surface area (TPSA) is 21.3 Å². The van der Waals surface area contributed by atoms with Crippen LogP contribution in [0.4, 0.5) is 0 Å². The Kier molecular flexibility index (Phi) is 6.27. The molecule has 1 heterocycles. The van der Waals surface area contributed by atoms with Gasteiger partial charge in [-0.3, -0.25) is 0 Å². The van der Waals surface area contributed by atoms with Crippen molar-refractivity contribution in [1.29, 1.82) is 0 Å². The van der Waals surface area contributed by atoms with Crippen molar-refractivity contribution in [3.8, 4) is 5.75 Å². The third kappa shape index (κ3) is 4.56. The van der Waals surface area contributed by atoms with Crippen molar-refractivity contribution in [3.63, 3.8) is 0 Å².